The van der Waals surface area contributed by atoms with Crippen LogP contribution in [0.5, 0.6) is 0 Å². The summed E-state index contributed by atoms with van der Waals surface area (Å²) >= 11 is 0. The van der Waals surface area contributed by atoms with Gasteiger partial charge in [-0.2, -0.15) is 0 Å². The van der Waals surface area contributed by atoms with E-state index in [0.29, 0.717) is 25.4 Å². The molecule has 2 aliphatic rings. The fourth-order valence-electron chi connectivity index (χ4n) is 2.75. The second-order valence-electron chi connectivity index (χ2n) is 4.73. The molecule has 1 N–H and O–H groups in total. The molecule has 15 heavy (non-hydrogen) atoms. The first kappa shape index (κ1) is 11.4. The van der Waals surface area contributed by atoms with Gasteiger partial charge < -0.3 is 9.84 Å². The molecular formula is C10H18O4S. The Hall–Kier alpha value is -0.130. The van der Waals surface area contributed by atoms with Crippen LogP contribution in [0.25, 0.3) is 0 Å². The molecule has 1 unspecified atom stereocenters. The molecular weight excluding hydrogens is 216 g/mol. The summed E-state index contributed by atoms with van der Waals surface area (Å²) in [4.78, 5) is 0. The van der Waals surface area contributed by atoms with Crippen LogP contribution in [0.4, 0.5) is 0 Å². The molecule has 88 valence electrons. The largest absolute Gasteiger partial charge is 0.396 e. The molecule has 0 amide bonds. The van der Waals surface area contributed by atoms with E-state index < -0.39 is 9.84 Å². The molecule has 0 saturated carbocycles. The normalized spacial score (nSPS) is 34.1. The maximum atomic E-state index is 11.4. The third kappa shape index (κ3) is 2.19. The molecule has 2 aliphatic heterocycles. The van der Waals surface area contributed by atoms with Crippen molar-refractivity contribution in [2.75, 3.05) is 31.3 Å². The Morgan fingerprint density at radius 3 is 2.47 bits per heavy atom. The van der Waals surface area contributed by atoms with E-state index in [1.54, 1.807) is 0 Å². The standard InChI is InChI=1S/C10H18O4S/c11-8-10(2-4-14-5-3-10)9-1-6-15(12,13)7-9/h9,11H,1-8H2. The van der Waals surface area contributed by atoms with Gasteiger partial charge in [0.25, 0.3) is 0 Å². The number of aliphatic hydroxyl groups excluding tert-OH is 1. The van der Waals surface area contributed by atoms with Gasteiger partial charge in [0.05, 0.1) is 11.5 Å². The molecule has 0 bridgehead atoms. The number of ether oxygens (including phenoxy) is 1. The van der Waals surface area contributed by atoms with Crippen molar-refractivity contribution in [3.05, 3.63) is 0 Å². The van der Waals surface area contributed by atoms with E-state index in [4.69, 9.17) is 4.74 Å². The Morgan fingerprint density at radius 2 is 2.00 bits per heavy atom. The highest BCUT2D eigenvalue weighted by Crippen LogP contribution is 2.43. The fraction of sp³-hybridized carbons (Fsp3) is 1.00. The van der Waals surface area contributed by atoms with Crippen LogP contribution in [-0.4, -0.2) is 44.9 Å². The molecule has 0 aliphatic carbocycles. The summed E-state index contributed by atoms with van der Waals surface area (Å²) < 4.78 is 28.1. The third-order valence-electron chi connectivity index (χ3n) is 3.90. The molecule has 0 spiro atoms. The molecule has 2 fully saturated rings. The molecule has 4 nitrogen and oxygen atoms in total. The van der Waals surface area contributed by atoms with Crippen LogP contribution in [0.15, 0.2) is 0 Å². The molecule has 0 radical (unpaired) electrons. The van der Waals surface area contributed by atoms with E-state index in [1.807, 2.05) is 0 Å². The van der Waals surface area contributed by atoms with Gasteiger partial charge >= 0.3 is 0 Å². The summed E-state index contributed by atoms with van der Waals surface area (Å²) in [6.07, 6.45) is 2.30. The quantitative estimate of drug-likeness (QED) is 0.742. The summed E-state index contributed by atoms with van der Waals surface area (Å²) in [7, 11) is -2.84. The predicted molar refractivity (Wildman–Crippen MR) is 56.3 cm³/mol. The molecule has 2 saturated heterocycles. The minimum absolute atomic E-state index is 0.0938. The molecule has 0 aromatic heterocycles. The summed E-state index contributed by atoms with van der Waals surface area (Å²) in [6, 6.07) is 0. The van der Waals surface area contributed by atoms with Crippen molar-refractivity contribution in [3.8, 4) is 0 Å². The van der Waals surface area contributed by atoms with Gasteiger partial charge in [0.15, 0.2) is 9.84 Å². The number of sulfone groups is 1. The Morgan fingerprint density at radius 1 is 1.33 bits per heavy atom. The van der Waals surface area contributed by atoms with E-state index in [0.717, 1.165) is 12.8 Å². The maximum absolute atomic E-state index is 11.4. The van der Waals surface area contributed by atoms with Crippen LogP contribution in [-0.2, 0) is 14.6 Å². The summed E-state index contributed by atoms with van der Waals surface area (Å²) in [5.74, 6) is 0.685. The van der Waals surface area contributed by atoms with Gasteiger partial charge in [-0.25, -0.2) is 8.42 Å². The molecule has 2 heterocycles. The van der Waals surface area contributed by atoms with Crippen LogP contribution in [0.1, 0.15) is 19.3 Å². The Balaban J connectivity index is 2.13. The number of hydrogen-bond acceptors (Lipinski definition) is 4. The molecule has 0 aromatic rings. The first-order chi connectivity index (χ1) is 7.08. The first-order valence-corrected chi connectivity index (χ1v) is 7.29. The minimum Gasteiger partial charge on any atom is -0.396 e. The molecule has 5 heteroatoms. The van der Waals surface area contributed by atoms with E-state index >= 15 is 0 Å². The highest BCUT2D eigenvalue weighted by atomic mass is 32.2. The van der Waals surface area contributed by atoms with E-state index in [1.165, 1.54) is 0 Å². The van der Waals surface area contributed by atoms with E-state index in [-0.39, 0.29) is 23.7 Å². The predicted octanol–water partition coefficient (Wildman–Crippen LogP) is 0.210. The van der Waals surface area contributed by atoms with Crippen LogP contribution < -0.4 is 0 Å². The van der Waals surface area contributed by atoms with Crippen LogP contribution in [0.2, 0.25) is 0 Å². The number of aliphatic hydroxyl groups is 1. The maximum Gasteiger partial charge on any atom is 0.150 e. The fourth-order valence-corrected chi connectivity index (χ4v) is 4.69. The van der Waals surface area contributed by atoms with Crippen LogP contribution >= 0.6 is 0 Å². The lowest BCUT2D eigenvalue weighted by Gasteiger charge is -2.40. The topological polar surface area (TPSA) is 63.6 Å². The van der Waals surface area contributed by atoms with Crippen molar-refractivity contribution in [1.82, 2.24) is 0 Å². The van der Waals surface area contributed by atoms with Gasteiger partial charge in [-0.1, -0.05) is 0 Å². The third-order valence-corrected chi connectivity index (χ3v) is 5.67. The van der Waals surface area contributed by atoms with Crippen molar-refractivity contribution in [2.45, 2.75) is 19.3 Å². The minimum atomic E-state index is -2.84. The molecule has 2 rings (SSSR count). The van der Waals surface area contributed by atoms with Gasteiger partial charge in [0.2, 0.25) is 0 Å². The average molecular weight is 234 g/mol. The zero-order valence-corrected chi connectivity index (χ0v) is 9.63. The summed E-state index contributed by atoms with van der Waals surface area (Å²) in [6.45, 7) is 1.39. The highest BCUT2D eigenvalue weighted by Gasteiger charge is 2.44. The van der Waals surface area contributed by atoms with Crippen LogP contribution in [0.3, 0.4) is 0 Å². The Bertz CT molecular complexity index is 316. The average Bonchev–Trinajstić information content (AvgIpc) is 2.60. The zero-order valence-electron chi connectivity index (χ0n) is 8.81. The Kier molecular flexibility index (Phi) is 3.05. The van der Waals surface area contributed by atoms with Gasteiger partial charge in [-0.3, -0.25) is 0 Å². The second kappa shape index (κ2) is 4.03. The van der Waals surface area contributed by atoms with Gasteiger partial charge in [-0.05, 0) is 25.2 Å². The van der Waals surface area contributed by atoms with Gasteiger partial charge in [-0.15, -0.1) is 0 Å². The Labute approximate surface area is 90.5 Å². The van der Waals surface area contributed by atoms with Crippen LogP contribution in [0, 0.1) is 11.3 Å². The smallest absolute Gasteiger partial charge is 0.150 e. The monoisotopic (exact) mass is 234 g/mol. The zero-order chi connectivity index (χ0) is 10.9. The summed E-state index contributed by atoms with van der Waals surface area (Å²) in [5, 5.41) is 9.52. The van der Waals surface area contributed by atoms with Gasteiger partial charge in [0, 0.05) is 25.2 Å². The summed E-state index contributed by atoms with van der Waals surface area (Å²) in [5.41, 5.74) is -0.193. The van der Waals surface area contributed by atoms with Crippen molar-refractivity contribution in [3.63, 3.8) is 0 Å². The lowest BCUT2D eigenvalue weighted by molar-refractivity contribution is -0.0443. The van der Waals surface area contributed by atoms with Crippen molar-refractivity contribution in [1.29, 1.82) is 0 Å². The van der Waals surface area contributed by atoms with E-state index in [9.17, 15) is 13.5 Å². The van der Waals surface area contributed by atoms with Gasteiger partial charge in [0.1, 0.15) is 0 Å². The van der Waals surface area contributed by atoms with Crippen molar-refractivity contribution >= 4 is 9.84 Å². The highest BCUT2D eigenvalue weighted by molar-refractivity contribution is 7.91. The lowest BCUT2D eigenvalue weighted by Crippen LogP contribution is -2.40. The lowest BCUT2D eigenvalue weighted by atomic mass is 9.70. The van der Waals surface area contributed by atoms with Crippen molar-refractivity contribution in [2.24, 2.45) is 11.3 Å². The molecule has 0 aromatic carbocycles. The second-order valence-corrected chi connectivity index (χ2v) is 6.96. The van der Waals surface area contributed by atoms with Crippen molar-refractivity contribution < 1.29 is 18.3 Å². The number of rotatable bonds is 2. The number of hydrogen-bond donors (Lipinski definition) is 1. The van der Waals surface area contributed by atoms with E-state index in [2.05, 4.69) is 0 Å². The molecule has 1 atom stereocenters. The first-order valence-electron chi connectivity index (χ1n) is 5.47. The SMILES string of the molecule is O=S1(=O)CCC(C2(CO)CCOCC2)C1.